The quantitative estimate of drug-likeness (QED) is 0.694. The Hall–Kier alpha value is -1.56. The maximum absolute atomic E-state index is 11.9. The van der Waals surface area contributed by atoms with Gasteiger partial charge >= 0.3 is 0 Å². The molecule has 1 amide bonds. The molecule has 0 radical (unpaired) electrons. The first-order valence-corrected chi connectivity index (χ1v) is 6.23. The van der Waals surface area contributed by atoms with Gasteiger partial charge in [-0.25, -0.2) is 0 Å². The second-order valence-corrected chi connectivity index (χ2v) is 4.76. The Kier molecular flexibility index (Phi) is 5.15. The van der Waals surface area contributed by atoms with Crippen molar-refractivity contribution in [1.29, 1.82) is 0 Å². The number of carbonyl (C=O) groups is 1. The maximum Gasteiger partial charge on any atom is 0.271 e. The Bertz CT molecular complexity index is 401. The number of nitrogens with zero attached hydrogens (tertiary/aromatic N) is 2. The van der Waals surface area contributed by atoms with Crippen LogP contribution in [0.25, 0.3) is 0 Å². The average molecular weight is 254 g/mol. The number of hydrogen-bond donors (Lipinski definition) is 3. The minimum absolute atomic E-state index is 0.228. The molecule has 6 heteroatoms. The summed E-state index contributed by atoms with van der Waals surface area (Å²) in [5.41, 5.74) is 6.41. The number of aryl methyl sites for hydroxylation is 1. The highest BCUT2D eigenvalue weighted by atomic mass is 16.3. The highest BCUT2D eigenvalue weighted by Gasteiger charge is 2.17. The summed E-state index contributed by atoms with van der Waals surface area (Å²) in [7, 11) is 0. The SMILES string of the molecule is CCn1ncc(N)c1C(=O)NCC(O)CC(C)C. The summed E-state index contributed by atoms with van der Waals surface area (Å²) in [5.74, 6) is 0.0952. The second-order valence-electron chi connectivity index (χ2n) is 4.76. The fourth-order valence-electron chi connectivity index (χ4n) is 1.81. The molecule has 1 aromatic heterocycles. The van der Waals surface area contributed by atoms with Crippen LogP contribution in [-0.4, -0.2) is 33.4 Å². The fraction of sp³-hybridized carbons (Fsp3) is 0.667. The highest BCUT2D eigenvalue weighted by Crippen LogP contribution is 2.10. The molecule has 0 aliphatic heterocycles. The van der Waals surface area contributed by atoms with Crippen LogP contribution in [0.4, 0.5) is 5.69 Å². The number of nitrogens with one attached hydrogen (secondary N) is 1. The minimum Gasteiger partial charge on any atom is -0.396 e. The van der Waals surface area contributed by atoms with Crippen molar-refractivity contribution in [1.82, 2.24) is 15.1 Å². The topological polar surface area (TPSA) is 93.2 Å². The largest absolute Gasteiger partial charge is 0.396 e. The van der Waals surface area contributed by atoms with E-state index in [1.807, 2.05) is 20.8 Å². The number of nitrogens with two attached hydrogens (primary N) is 1. The van der Waals surface area contributed by atoms with Crippen molar-refractivity contribution >= 4 is 11.6 Å². The van der Waals surface area contributed by atoms with E-state index in [1.54, 1.807) is 4.68 Å². The molecule has 0 bridgehead atoms. The molecule has 1 atom stereocenters. The number of anilines is 1. The third-order valence-electron chi connectivity index (χ3n) is 2.62. The molecule has 0 aromatic carbocycles. The molecule has 0 spiro atoms. The van der Waals surface area contributed by atoms with Crippen LogP contribution in [-0.2, 0) is 6.54 Å². The molecular formula is C12H22N4O2. The van der Waals surface area contributed by atoms with E-state index in [9.17, 15) is 9.90 Å². The number of nitrogen functional groups attached to an aromatic ring is 1. The van der Waals surface area contributed by atoms with E-state index >= 15 is 0 Å². The van der Waals surface area contributed by atoms with Crippen LogP contribution in [0.1, 0.15) is 37.7 Å². The second kappa shape index (κ2) is 6.39. The first kappa shape index (κ1) is 14.5. The van der Waals surface area contributed by atoms with Crippen molar-refractivity contribution in [3.63, 3.8) is 0 Å². The predicted octanol–water partition coefficient (Wildman–Crippen LogP) is 0.622. The van der Waals surface area contributed by atoms with Crippen LogP contribution in [0.15, 0.2) is 6.20 Å². The number of amides is 1. The van der Waals surface area contributed by atoms with Gasteiger partial charge in [-0.1, -0.05) is 13.8 Å². The number of aromatic nitrogens is 2. The number of hydrogen-bond acceptors (Lipinski definition) is 4. The number of carbonyl (C=O) groups excluding carboxylic acids is 1. The van der Waals surface area contributed by atoms with E-state index in [-0.39, 0.29) is 12.5 Å². The molecule has 1 unspecified atom stereocenters. The summed E-state index contributed by atoms with van der Waals surface area (Å²) >= 11 is 0. The monoisotopic (exact) mass is 254 g/mol. The van der Waals surface area contributed by atoms with Crippen molar-refractivity contribution in [2.24, 2.45) is 5.92 Å². The van der Waals surface area contributed by atoms with Gasteiger partial charge in [0.25, 0.3) is 5.91 Å². The van der Waals surface area contributed by atoms with Crippen LogP contribution in [0.2, 0.25) is 0 Å². The Morgan fingerprint density at radius 1 is 1.61 bits per heavy atom. The number of aliphatic hydroxyl groups is 1. The summed E-state index contributed by atoms with van der Waals surface area (Å²) in [6.07, 6.45) is 1.58. The lowest BCUT2D eigenvalue weighted by Gasteiger charge is -2.14. The van der Waals surface area contributed by atoms with Gasteiger partial charge in [0.1, 0.15) is 5.69 Å². The lowest BCUT2D eigenvalue weighted by Crippen LogP contribution is -2.34. The summed E-state index contributed by atoms with van der Waals surface area (Å²) in [5, 5.41) is 16.4. The van der Waals surface area contributed by atoms with E-state index in [0.717, 1.165) is 0 Å². The van der Waals surface area contributed by atoms with Gasteiger partial charge in [-0.3, -0.25) is 9.48 Å². The van der Waals surface area contributed by atoms with Gasteiger partial charge in [-0.05, 0) is 19.3 Å². The van der Waals surface area contributed by atoms with Gasteiger partial charge in [0, 0.05) is 13.1 Å². The van der Waals surface area contributed by atoms with E-state index in [0.29, 0.717) is 30.3 Å². The van der Waals surface area contributed by atoms with Gasteiger partial charge in [0.15, 0.2) is 0 Å². The van der Waals surface area contributed by atoms with Crippen LogP contribution in [0.5, 0.6) is 0 Å². The standard InChI is InChI=1S/C12H22N4O2/c1-4-16-11(10(13)7-15-16)12(18)14-6-9(17)5-8(2)3/h7-9,17H,4-6,13H2,1-3H3,(H,14,18). The van der Waals surface area contributed by atoms with E-state index in [1.165, 1.54) is 6.20 Å². The van der Waals surface area contributed by atoms with Gasteiger partial charge in [0.05, 0.1) is 18.0 Å². The maximum atomic E-state index is 11.9. The lowest BCUT2D eigenvalue weighted by atomic mass is 10.1. The molecule has 102 valence electrons. The van der Waals surface area contributed by atoms with Gasteiger partial charge < -0.3 is 16.2 Å². The first-order chi connectivity index (χ1) is 8.45. The first-order valence-electron chi connectivity index (χ1n) is 6.23. The number of rotatable bonds is 6. The predicted molar refractivity (Wildman–Crippen MR) is 70.1 cm³/mol. The van der Waals surface area contributed by atoms with E-state index in [2.05, 4.69) is 10.4 Å². The smallest absolute Gasteiger partial charge is 0.271 e. The van der Waals surface area contributed by atoms with Crippen LogP contribution in [0.3, 0.4) is 0 Å². The highest BCUT2D eigenvalue weighted by molar-refractivity contribution is 5.97. The minimum atomic E-state index is -0.534. The Morgan fingerprint density at radius 3 is 2.83 bits per heavy atom. The molecule has 0 saturated heterocycles. The molecule has 1 aromatic rings. The molecule has 1 heterocycles. The fourth-order valence-corrected chi connectivity index (χ4v) is 1.81. The van der Waals surface area contributed by atoms with Gasteiger partial charge in [0.2, 0.25) is 0 Å². The molecule has 18 heavy (non-hydrogen) atoms. The zero-order valence-corrected chi connectivity index (χ0v) is 11.2. The zero-order chi connectivity index (χ0) is 13.7. The van der Waals surface area contributed by atoms with Crippen molar-refractivity contribution in [2.45, 2.75) is 39.8 Å². The van der Waals surface area contributed by atoms with Gasteiger partial charge in [-0.15, -0.1) is 0 Å². The molecule has 6 nitrogen and oxygen atoms in total. The molecule has 0 aliphatic rings. The number of aliphatic hydroxyl groups excluding tert-OH is 1. The molecular weight excluding hydrogens is 232 g/mol. The van der Waals surface area contributed by atoms with Crippen molar-refractivity contribution < 1.29 is 9.90 Å². The third-order valence-corrected chi connectivity index (χ3v) is 2.62. The van der Waals surface area contributed by atoms with Crippen molar-refractivity contribution in [3.8, 4) is 0 Å². The summed E-state index contributed by atoms with van der Waals surface area (Å²) in [6, 6.07) is 0. The average Bonchev–Trinajstić information content (AvgIpc) is 2.66. The summed E-state index contributed by atoms with van der Waals surface area (Å²) < 4.78 is 1.54. The van der Waals surface area contributed by atoms with E-state index < -0.39 is 6.10 Å². The normalized spacial score (nSPS) is 12.7. The van der Waals surface area contributed by atoms with Crippen LogP contribution < -0.4 is 11.1 Å². The molecule has 0 fully saturated rings. The zero-order valence-electron chi connectivity index (χ0n) is 11.2. The Labute approximate surface area is 107 Å². The van der Waals surface area contributed by atoms with E-state index in [4.69, 9.17) is 5.73 Å². The van der Waals surface area contributed by atoms with Crippen LogP contribution >= 0.6 is 0 Å². The summed E-state index contributed by atoms with van der Waals surface area (Å²) in [4.78, 5) is 11.9. The third kappa shape index (κ3) is 3.73. The lowest BCUT2D eigenvalue weighted by molar-refractivity contribution is 0.0891. The van der Waals surface area contributed by atoms with Crippen LogP contribution in [0, 0.1) is 5.92 Å². The molecule has 0 aliphatic carbocycles. The Balaban J connectivity index is 2.57. The summed E-state index contributed by atoms with van der Waals surface area (Å²) in [6.45, 7) is 6.74. The van der Waals surface area contributed by atoms with Crippen molar-refractivity contribution in [3.05, 3.63) is 11.9 Å². The Morgan fingerprint density at radius 2 is 2.28 bits per heavy atom. The molecule has 0 saturated carbocycles. The van der Waals surface area contributed by atoms with Crippen molar-refractivity contribution in [2.75, 3.05) is 12.3 Å². The van der Waals surface area contributed by atoms with Gasteiger partial charge in [-0.2, -0.15) is 5.10 Å². The molecule has 1 rings (SSSR count). The molecule has 4 N–H and O–H groups in total.